The summed E-state index contributed by atoms with van der Waals surface area (Å²) in [7, 11) is 0. The lowest BCUT2D eigenvalue weighted by Gasteiger charge is -2.30. The second-order valence-corrected chi connectivity index (χ2v) is 5.43. The number of alkyl halides is 3. The summed E-state index contributed by atoms with van der Waals surface area (Å²) in [5.41, 5.74) is 1.26. The largest absolute Gasteiger partial charge is 0.471 e. The van der Waals surface area contributed by atoms with Crippen molar-refractivity contribution in [3.8, 4) is 0 Å². The zero-order valence-electron chi connectivity index (χ0n) is 11.9. The molecular formula is C15H14F3N3O2. The van der Waals surface area contributed by atoms with Crippen LogP contribution in [0.1, 0.15) is 46.8 Å². The molecule has 0 bridgehead atoms. The van der Waals surface area contributed by atoms with Gasteiger partial charge in [0.05, 0.1) is 17.8 Å². The number of carbonyl (C=O) groups is 2. The Morgan fingerprint density at radius 1 is 1.17 bits per heavy atom. The molecule has 1 aliphatic rings. The number of carbonyl (C=O) groups excluding carboxylic acids is 2. The van der Waals surface area contributed by atoms with Gasteiger partial charge in [0.1, 0.15) is 0 Å². The number of likely N-dealkylation sites (tertiary alicyclic amines) is 1. The predicted molar refractivity (Wildman–Crippen MR) is 74.6 cm³/mol. The molecule has 0 unspecified atom stereocenters. The van der Waals surface area contributed by atoms with Crippen molar-refractivity contribution < 1.29 is 22.8 Å². The number of hydrogen-bond acceptors (Lipinski definition) is 2. The van der Waals surface area contributed by atoms with E-state index in [-0.39, 0.29) is 5.69 Å². The van der Waals surface area contributed by atoms with Gasteiger partial charge in [-0.2, -0.15) is 13.2 Å². The van der Waals surface area contributed by atoms with Crippen LogP contribution in [0.25, 0.3) is 0 Å². The minimum absolute atomic E-state index is 0.266. The molecule has 23 heavy (non-hydrogen) atoms. The van der Waals surface area contributed by atoms with Gasteiger partial charge >= 0.3 is 12.1 Å². The van der Waals surface area contributed by atoms with Gasteiger partial charge in [0.2, 0.25) is 0 Å². The fraction of sp³-hybridized carbons (Fsp3) is 0.333. The van der Waals surface area contributed by atoms with Gasteiger partial charge in [0, 0.05) is 17.6 Å². The number of halogens is 3. The monoisotopic (exact) mass is 325 g/mol. The lowest BCUT2D eigenvalue weighted by molar-refractivity contribution is -0.189. The third-order valence-corrected chi connectivity index (χ3v) is 4.06. The third-order valence-electron chi connectivity index (χ3n) is 4.06. The Balaban J connectivity index is 1.98. The van der Waals surface area contributed by atoms with Gasteiger partial charge in [-0.3, -0.25) is 9.59 Å². The van der Waals surface area contributed by atoms with Gasteiger partial charge in [-0.25, -0.2) is 0 Å². The Labute approximate surface area is 129 Å². The number of nitrogens with one attached hydrogen (secondary N) is 2. The van der Waals surface area contributed by atoms with Crippen LogP contribution in [-0.2, 0) is 4.79 Å². The SMILES string of the molecule is O=Cc1ccc([C@@H]2CC[C@@H](c3ccc[nH]3)N2C(=O)C(F)(F)F)[nH]1. The van der Waals surface area contributed by atoms with Crippen LogP contribution in [0.15, 0.2) is 30.5 Å². The van der Waals surface area contributed by atoms with E-state index in [9.17, 15) is 22.8 Å². The molecule has 0 spiro atoms. The van der Waals surface area contributed by atoms with E-state index >= 15 is 0 Å². The molecule has 0 aromatic carbocycles. The maximum atomic E-state index is 13.0. The van der Waals surface area contributed by atoms with Gasteiger partial charge in [-0.15, -0.1) is 0 Å². The van der Waals surface area contributed by atoms with E-state index in [0.717, 1.165) is 4.90 Å². The Kier molecular flexibility index (Phi) is 3.75. The zero-order valence-corrected chi connectivity index (χ0v) is 11.9. The van der Waals surface area contributed by atoms with Crippen LogP contribution < -0.4 is 0 Å². The third kappa shape index (κ3) is 2.76. The Bertz CT molecular complexity index is 706. The summed E-state index contributed by atoms with van der Waals surface area (Å²) in [6, 6.07) is 4.95. The minimum atomic E-state index is -4.95. The summed E-state index contributed by atoms with van der Waals surface area (Å²) in [6.45, 7) is 0. The number of aldehydes is 1. The Hall–Kier alpha value is -2.51. The molecule has 1 amide bonds. The maximum Gasteiger partial charge on any atom is 0.471 e. The van der Waals surface area contributed by atoms with Crippen LogP contribution in [0.4, 0.5) is 13.2 Å². The van der Waals surface area contributed by atoms with Crippen LogP contribution >= 0.6 is 0 Å². The average Bonchev–Trinajstić information content (AvgIpc) is 3.23. The molecule has 1 saturated heterocycles. The second-order valence-electron chi connectivity index (χ2n) is 5.43. The molecule has 8 heteroatoms. The molecule has 0 saturated carbocycles. The standard InChI is InChI=1S/C15H14F3N3O2/c16-15(17,18)14(23)21-12(10-2-1-7-19-10)5-6-13(21)11-4-3-9(8-22)20-11/h1-4,7-8,12-13,19-20H,5-6H2/t12-,13-/m0/s1. The lowest BCUT2D eigenvalue weighted by atomic mass is 10.1. The van der Waals surface area contributed by atoms with E-state index in [1.165, 1.54) is 6.07 Å². The summed E-state index contributed by atoms with van der Waals surface area (Å²) < 4.78 is 39.0. The molecule has 2 N–H and O–H groups in total. The van der Waals surface area contributed by atoms with E-state index in [1.54, 1.807) is 24.4 Å². The smallest absolute Gasteiger partial charge is 0.363 e. The van der Waals surface area contributed by atoms with E-state index in [1.807, 2.05) is 0 Å². The summed E-state index contributed by atoms with van der Waals surface area (Å²) >= 11 is 0. The minimum Gasteiger partial charge on any atom is -0.363 e. The highest BCUT2D eigenvalue weighted by Crippen LogP contribution is 2.45. The van der Waals surface area contributed by atoms with Crippen molar-refractivity contribution in [2.45, 2.75) is 31.1 Å². The van der Waals surface area contributed by atoms with E-state index in [4.69, 9.17) is 0 Å². The normalized spacial score (nSPS) is 21.6. The first-order valence-electron chi connectivity index (χ1n) is 7.08. The molecule has 1 aliphatic heterocycles. The maximum absolute atomic E-state index is 13.0. The van der Waals surface area contributed by atoms with Crippen LogP contribution in [0.3, 0.4) is 0 Å². The molecule has 3 rings (SSSR count). The Morgan fingerprint density at radius 2 is 1.87 bits per heavy atom. The quantitative estimate of drug-likeness (QED) is 0.851. The van der Waals surface area contributed by atoms with Gasteiger partial charge in [0.15, 0.2) is 6.29 Å². The van der Waals surface area contributed by atoms with Crippen molar-refractivity contribution in [1.82, 2.24) is 14.9 Å². The molecule has 2 aromatic rings. The average molecular weight is 325 g/mol. The van der Waals surface area contributed by atoms with E-state index in [2.05, 4.69) is 9.97 Å². The number of aromatic nitrogens is 2. The number of nitrogens with zero attached hydrogens (tertiary/aromatic N) is 1. The van der Waals surface area contributed by atoms with Crippen molar-refractivity contribution in [1.29, 1.82) is 0 Å². The van der Waals surface area contributed by atoms with Crippen LogP contribution in [-0.4, -0.2) is 33.2 Å². The molecule has 3 heterocycles. The van der Waals surface area contributed by atoms with Crippen molar-refractivity contribution in [2.75, 3.05) is 0 Å². The van der Waals surface area contributed by atoms with Gasteiger partial charge in [-0.05, 0) is 37.1 Å². The molecule has 122 valence electrons. The van der Waals surface area contributed by atoms with Crippen LogP contribution in [0.2, 0.25) is 0 Å². The van der Waals surface area contributed by atoms with Gasteiger partial charge < -0.3 is 14.9 Å². The van der Waals surface area contributed by atoms with Crippen molar-refractivity contribution >= 4 is 12.2 Å². The highest BCUT2D eigenvalue weighted by molar-refractivity contribution is 5.83. The predicted octanol–water partition coefficient (Wildman–Crippen LogP) is 3.12. The number of hydrogen-bond donors (Lipinski definition) is 2. The molecule has 0 aliphatic carbocycles. The van der Waals surface area contributed by atoms with Gasteiger partial charge in [-0.1, -0.05) is 0 Å². The molecule has 2 aromatic heterocycles. The van der Waals surface area contributed by atoms with Crippen LogP contribution in [0, 0.1) is 0 Å². The summed E-state index contributed by atoms with van der Waals surface area (Å²) in [6.07, 6.45) is -1.98. The van der Waals surface area contributed by atoms with Gasteiger partial charge in [0.25, 0.3) is 0 Å². The molecule has 0 radical (unpaired) electrons. The lowest BCUT2D eigenvalue weighted by Crippen LogP contribution is -2.42. The number of amides is 1. The first-order valence-corrected chi connectivity index (χ1v) is 7.08. The number of aromatic amines is 2. The summed E-state index contributed by atoms with van der Waals surface area (Å²) in [5.74, 6) is -1.87. The second kappa shape index (κ2) is 5.60. The topological polar surface area (TPSA) is 69.0 Å². The fourth-order valence-corrected chi connectivity index (χ4v) is 3.10. The molecule has 2 atom stereocenters. The Morgan fingerprint density at radius 3 is 2.39 bits per heavy atom. The molecular weight excluding hydrogens is 311 g/mol. The van der Waals surface area contributed by atoms with Crippen LogP contribution in [0.5, 0.6) is 0 Å². The summed E-state index contributed by atoms with van der Waals surface area (Å²) in [5, 5.41) is 0. The molecule has 1 fully saturated rings. The summed E-state index contributed by atoms with van der Waals surface area (Å²) in [4.78, 5) is 29.2. The van der Waals surface area contributed by atoms with E-state index < -0.39 is 24.2 Å². The first-order chi connectivity index (χ1) is 10.9. The van der Waals surface area contributed by atoms with E-state index in [0.29, 0.717) is 30.5 Å². The number of rotatable bonds is 3. The van der Waals surface area contributed by atoms with Crippen molar-refractivity contribution in [3.05, 3.63) is 47.5 Å². The number of H-pyrrole nitrogens is 2. The zero-order chi connectivity index (χ0) is 16.6. The first kappa shape index (κ1) is 15.4. The molecule has 5 nitrogen and oxygen atoms in total. The van der Waals surface area contributed by atoms with Crippen molar-refractivity contribution in [3.63, 3.8) is 0 Å². The van der Waals surface area contributed by atoms with Crippen molar-refractivity contribution in [2.24, 2.45) is 0 Å². The highest BCUT2D eigenvalue weighted by atomic mass is 19.4. The highest BCUT2D eigenvalue weighted by Gasteiger charge is 2.50. The fourth-order valence-electron chi connectivity index (χ4n) is 3.10.